The van der Waals surface area contributed by atoms with Crippen molar-refractivity contribution in [2.24, 2.45) is 11.8 Å². The molecule has 1 aliphatic heterocycles. The van der Waals surface area contributed by atoms with E-state index in [2.05, 4.69) is 5.16 Å². The molecule has 2 unspecified atom stereocenters. The van der Waals surface area contributed by atoms with Crippen molar-refractivity contribution in [3.05, 3.63) is 123 Å². The maximum atomic E-state index is 14.0. The van der Waals surface area contributed by atoms with Crippen LogP contribution >= 0.6 is 15.6 Å². The average Bonchev–Trinajstić information content (AvgIpc) is 3.76. The van der Waals surface area contributed by atoms with Crippen LogP contribution in [0.2, 0.25) is 0 Å². The van der Waals surface area contributed by atoms with Crippen molar-refractivity contribution in [2.45, 2.75) is 72.0 Å². The lowest BCUT2D eigenvalue weighted by molar-refractivity contribution is -0.138. The highest BCUT2D eigenvalue weighted by Gasteiger charge is 2.46. The number of nitrogens with zero attached hydrogens (tertiary/aromatic N) is 3. The molecular formula is C39H43N3O17P2. The number of esters is 2. The Morgan fingerprint density at radius 1 is 0.787 bits per heavy atom. The van der Waals surface area contributed by atoms with Crippen molar-refractivity contribution >= 4 is 38.6 Å². The number of phosphoric ester groups is 2. The fraction of sp³-hybridized carbons (Fsp3) is 0.359. The second-order valence-corrected chi connectivity index (χ2v) is 17.6. The quantitative estimate of drug-likeness (QED) is 0.0616. The third-order valence-electron chi connectivity index (χ3n) is 9.08. The summed E-state index contributed by atoms with van der Waals surface area (Å²) in [7, 11) is -10.4. The van der Waals surface area contributed by atoms with Gasteiger partial charge in [-0.3, -0.25) is 37.1 Å². The highest BCUT2D eigenvalue weighted by Crippen LogP contribution is 2.64. The maximum absolute atomic E-state index is 14.0. The van der Waals surface area contributed by atoms with Crippen LogP contribution in [0.5, 0.6) is 11.5 Å². The molecule has 1 aliphatic rings. The van der Waals surface area contributed by atoms with Gasteiger partial charge in [0.15, 0.2) is 11.8 Å². The van der Waals surface area contributed by atoms with E-state index in [4.69, 9.17) is 36.6 Å². The Morgan fingerprint density at radius 3 is 1.90 bits per heavy atom. The van der Waals surface area contributed by atoms with Crippen molar-refractivity contribution in [3.63, 3.8) is 0 Å². The van der Waals surface area contributed by atoms with Crippen LogP contribution in [0.15, 0.2) is 99.2 Å². The Labute approximate surface area is 347 Å². The summed E-state index contributed by atoms with van der Waals surface area (Å²) in [4.78, 5) is 61.0. The number of aliphatic hydroxyl groups excluding tert-OH is 2. The molecule has 0 saturated carbocycles. The summed E-state index contributed by atoms with van der Waals surface area (Å²) in [6.45, 7) is 4.42. The monoisotopic (exact) mass is 887 g/mol. The Balaban J connectivity index is 1.14. The van der Waals surface area contributed by atoms with E-state index >= 15 is 0 Å². The first-order valence-corrected chi connectivity index (χ1v) is 21.7. The predicted octanol–water partition coefficient (Wildman–Crippen LogP) is 4.62. The van der Waals surface area contributed by atoms with Crippen molar-refractivity contribution in [2.75, 3.05) is 6.61 Å². The number of hydrogen-bond acceptors (Lipinski definition) is 17. The van der Waals surface area contributed by atoms with E-state index in [1.54, 1.807) is 52.0 Å². The van der Waals surface area contributed by atoms with Crippen LogP contribution in [0, 0.1) is 11.8 Å². The first kappa shape index (κ1) is 45.4. The molecule has 5 atom stereocenters. The molecule has 5 aromatic rings. The Hall–Kier alpha value is -5.11. The standard InChI is InChI=1S/C39H43N3O17P2/c1-23(2)37(46)55-27-13-9-25(10-14-27)20-53-61(51,54-21-26-11-15-28(16-12-26)56-38(47)24(3)4)59-60(49,50)52-22-32-34(44)35(45)36(57-32)41-18-17-33(43)42(39(41)48)19-30-29-7-5-6-8-31(29)58-40-30/h5-18,23-24,32,34-36,44-45H,19-22H2,1-4H3,(H,49,50)/t32-,34?,35+,36-/m1/s1. The van der Waals surface area contributed by atoms with E-state index in [1.165, 1.54) is 48.5 Å². The molecule has 3 heterocycles. The highest BCUT2D eigenvalue weighted by molar-refractivity contribution is 7.61. The lowest BCUT2D eigenvalue weighted by Gasteiger charge is -2.22. The number of phosphoric acid groups is 2. The van der Waals surface area contributed by atoms with E-state index in [0.717, 1.165) is 21.4 Å². The van der Waals surface area contributed by atoms with Gasteiger partial charge in [0.05, 0.1) is 38.2 Å². The first-order chi connectivity index (χ1) is 28.9. The van der Waals surface area contributed by atoms with Crippen LogP contribution in [-0.4, -0.2) is 66.3 Å². The van der Waals surface area contributed by atoms with Crippen LogP contribution < -0.4 is 20.7 Å². The second-order valence-electron chi connectivity index (χ2n) is 14.4. The van der Waals surface area contributed by atoms with Gasteiger partial charge in [0.2, 0.25) is 0 Å². The Morgan fingerprint density at radius 2 is 1.34 bits per heavy atom. The van der Waals surface area contributed by atoms with Crippen molar-refractivity contribution in [1.29, 1.82) is 0 Å². The van der Waals surface area contributed by atoms with Gasteiger partial charge in [-0.05, 0) is 47.5 Å². The molecule has 1 fully saturated rings. The number of rotatable bonds is 18. The zero-order valence-electron chi connectivity index (χ0n) is 33.2. The molecular weight excluding hydrogens is 844 g/mol. The zero-order valence-corrected chi connectivity index (χ0v) is 35.0. The molecule has 1 saturated heterocycles. The van der Waals surface area contributed by atoms with E-state index in [-0.39, 0.29) is 35.6 Å². The minimum absolute atomic E-state index is 0.226. The largest absolute Gasteiger partial charge is 0.484 e. The second kappa shape index (κ2) is 19.3. The molecule has 2 aromatic heterocycles. The normalized spacial score (nSPS) is 19.0. The number of ether oxygens (including phenoxy) is 3. The van der Waals surface area contributed by atoms with Crippen LogP contribution in [0.25, 0.3) is 11.0 Å². The molecule has 20 nitrogen and oxygen atoms in total. The summed E-state index contributed by atoms with van der Waals surface area (Å²) in [6.07, 6.45) is -5.73. The predicted molar refractivity (Wildman–Crippen MR) is 212 cm³/mol. The molecule has 61 heavy (non-hydrogen) atoms. The molecule has 22 heteroatoms. The third-order valence-corrected chi connectivity index (χ3v) is 12.1. The summed E-state index contributed by atoms with van der Waals surface area (Å²) in [6, 6.07) is 19.6. The minimum Gasteiger partial charge on any atom is -0.426 e. The van der Waals surface area contributed by atoms with E-state index in [9.17, 15) is 43.4 Å². The number of carbonyl (C=O) groups is 2. The maximum Gasteiger partial charge on any atom is 0.484 e. The van der Waals surface area contributed by atoms with E-state index in [0.29, 0.717) is 22.1 Å². The number of carbonyl (C=O) groups excluding carboxylic acids is 2. The molecule has 0 aliphatic carbocycles. The van der Waals surface area contributed by atoms with Gasteiger partial charge in [-0.25, -0.2) is 13.9 Å². The molecule has 0 bridgehead atoms. The fourth-order valence-electron chi connectivity index (χ4n) is 5.65. The SMILES string of the molecule is CC(C)C(=O)Oc1ccc(COP(=O)(OCc2ccc(OC(=O)C(C)C)cc2)OP(=O)(O)OC[C@H]2O[C@@H](n3ccc(=O)n(Cc4noc5ccccc45)c3=O)[C@@H](O)C2O)cc1. The van der Waals surface area contributed by atoms with E-state index in [1.807, 2.05) is 0 Å². The Bertz CT molecular complexity index is 2480. The van der Waals surface area contributed by atoms with E-state index < -0.39 is 83.2 Å². The van der Waals surface area contributed by atoms with Gasteiger partial charge in [-0.2, -0.15) is 4.31 Å². The molecule has 3 N–H and O–H groups in total. The zero-order chi connectivity index (χ0) is 44.1. The molecule has 3 aromatic carbocycles. The number of aromatic nitrogens is 3. The first-order valence-electron chi connectivity index (χ1n) is 18.8. The highest BCUT2D eigenvalue weighted by atomic mass is 31.3. The molecule has 0 amide bonds. The van der Waals surface area contributed by atoms with Crippen molar-refractivity contribution in [1.82, 2.24) is 14.3 Å². The van der Waals surface area contributed by atoms with Gasteiger partial charge in [-0.1, -0.05) is 69.2 Å². The summed E-state index contributed by atoms with van der Waals surface area (Å²) in [5.74, 6) is -1.24. The van der Waals surface area contributed by atoms with Crippen LogP contribution in [0.4, 0.5) is 0 Å². The number of benzene rings is 3. The van der Waals surface area contributed by atoms with Crippen LogP contribution in [0.3, 0.4) is 0 Å². The number of fused-ring (bicyclic) bond motifs is 1. The molecule has 0 spiro atoms. The van der Waals surface area contributed by atoms with Gasteiger partial charge in [0, 0.05) is 17.6 Å². The summed E-state index contributed by atoms with van der Waals surface area (Å²) in [5.41, 5.74) is -0.222. The number of para-hydroxylation sites is 1. The van der Waals surface area contributed by atoms with Crippen molar-refractivity contribution < 1.29 is 70.4 Å². The topological polar surface area (TPSA) is 264 Å². The lowest BCUT2D eigenvalue weighted by atomic mass is 10.1. The molecule has 326 valence electrons. The van der Waals surface area contributed by atoms with Gasteiger partial charge in [0.1, 0.15) is 35.5 Å². The molecule has 6 rings (SSSR count). The van der Waals surface area contributed by atoms with Crippen LogP contribution in [0.1, 0.15) is 50.7 Å². The minimum atomic E-state index is -5.42. The summed E-state index contributed by atoms with van der Waals surface area (Å²) in [5, 5.41) is 26.2. The number of aliphatic hydroxyl groups is 2. The van der Waals surface area contributed by atoms with Gasteiger partial charge in [0.25, 0.3) is 5.56 Å². The van der Waals surface area contributed by atoms with Gasteiger partial charge in [-0.15, -0.1) is 0 Å². The summed E-state index contributed by atoms with van der Waals surface area (Å²) >= 11 is 0. The van der Waals surface area contributed by atoms with Gasteiger partial charge < -0.3 is 33.8 Å². The van der Waals surface area contributed by atoms with Crippen LogP contribution in [-0.2, 0) is 61.1 Å². The molecule has 0 radical (unpaired) electrons. The number of hydrogen-bond donors (Lipinski definition) is 3. The average molecular weight is 888 g/mol. The summed E-state index contributed by atoms with van der Waals surface area (Å²) < 4.78 is 71.3. The Kier molecular flexibility index (Phi) is 14.4. The van der Waals surface area contributed by atoms with Crippen molar-refractivity contribution in [3.8, 4) is 11.5 Å². The van der Waals surface area contributed by atoms with Gasteiger partial charge >= 0.3 is 33.3 Å². The third kappa shape index (κ3) is 11.4. The smallest absolute Gasteiger partial charge is 0.426 e. The lowest BCUT2D eigenvalue weighted by Crippen LogP contribution is -2.43. The fourth-order valence-corrected chi connectivity index (χ4v) is 8.25.